The fourth-order valence-electron chi connectivity index (χ4n) is 2.62. The average molecular weight is 349 g/mol. The summed E-state index contributed by atoms with van der Waals surface area (Å²) < 4.78 is 45.8. The van der Waals surface area contributed by atoms with Crippen molar-refractivity contribution in [3.8, 4) is 0 Å². The van der Waals surface area contributed by atoms with Crippen LogP contribution in [0.2, 0.25) is 0 Å². The molecule has 2 aliphatic heterocycles. The molecule has 130 valence electrons. The number of halogens is 3. The van der Waals surface area contributed by atoms with E-state index in [2.05, 4.69) is 14.7 Å². The van der Waals surface area contributed by atoms with Gasteiger partial charge in [0.05, 0.1) is 7.11 Å². The highest BCUT2D eigenvalue weighted by Crippen LogP contribution is 2.40. The monoisotopic (exact) mass is 349 g/mol. The van der Waals surface area contributed by atoms with Gasteiger partial charge in [0.15, 0.2) is 0 Å². The molecule has 0 aromatic heterocycles. The molecule has 2 aliphatic rings. The lowest BCUT2D eigenvalue weighted by Crippen LogP contribution is -2.56. The van der Waals surface area contributed by atoms with Gasteiger partial charge in [-0.15, -0.1) is 0 Å². The summed E-state index contributed by atoms with van der Waals surface area (Å²) in [5, 5.41) is 0. The third-order valence-corrected chi connectivity index (χ3v) is 3.82. The summed E-state index contributed by atoms with van der Waals surface area (Å²) in [6.07, 6.45) is -0.372. The molecule has 1 aromatic rings. The molecule has 0 fully saturated rings. The summed E-state index contributed by atoms with van der Waals surface area (Å²) in [6, 6.07) is 8.32. The molecule has 0 aliphatic carbocycles. The second-order valence-electron chi connectivity index (χ2n) is 5.44. The van der Waals surface area contributed by atoms with Crippen LogP contribution in [0.5, 0.6) is 0 Å². The third-order valence-electron chi connectivity index (χ3n) is 3.82. The number of hydrogen-bond donors (Lipinski definition) is 0. The summed E-state index contributed by atoms with van der Waals surface area (Å²) in [4.78, 5) is 20.9. The third kappa shape index (κ3) is 2.63. The van der Waals surface area contributed by atoms with Gasteiger partial charge in [-0.05, 0) is 19.1 Å². The van der Waals surface area contributed by atoms with E-state index in [1.54, 1.807) is 49.4 Å². The van der Waals surface area contributed by atoms with Gasteiger partial charge >= 0.3 is 17.8 Å². The van der Waals surface area contributed by atoms with E-state index >= 15 is 0 Å². The summed E-state index contributed by atoms with van der Waals surface area (Å²) in [5.74, 6) is -1.64. The quantitative estimate of drug-likeness (QED) is 0.771. The van der Waals surface area contributed by atoms with Gasteiger partial charge in [-0.3, -0.25) is 4.90 Å². The van der Waals surface area contributed by atoms with Gasteiger partial charge in [-0.2, -0.15) is 13.2 Å². The maximum Gasteiger partial charge on any atom is 0.445 e. The minimum atomic E-state index is -5.05. The Morgan fingerprint density at radius 1 is 1.20 bits per heavy atom. The van der Waals surface area contributed by atoms with E-state index in [4.69, 9.17) is 0 Å². The van der Waals surface area contributed by atoms with Crippen molar-refractivity contribution in [3.05, 3.63) is 59.8 Å². The van der Waals surface area contributed by atoms with Crippen LogP contribution in [-0.4, -0.2) is 41.5 Å². The first-order chi connectivity index (χ1) is 11.8. The Bertz CT molecular complexity index is 825. The first-order valence-corrected chi connectivity index (χ1v) is 7.35. The summed E-state index contributed by atoms with van der Waals surface area (Å²) in [7, 11) is 0.877. The van der Waals surface area contributed by atoms with Crippen molar-refractivity contribution in [1.82, 2.24) is 4.90 Å². The predicted octanol–water partition coefficient (Wildman–Crippen LogP) is 3.05. The van der Waals surface area contributed by atoms with Gasteiger partial charge in [-0.25, -0.2) is 14.8 Å². The van der Waals surface area contributed by atoms with Gasteiger partial charge < -0.3 is 4.74 Å². The van der Waals surface area contributed by atoms with Crippen molar-refractivity contribution in [2.45, 2.75) is 18.8 Å². The van der Waals surface area contributed by atoms with Crippen molar-refractivity contribution in [2.75, 3.05) is 7.11 Å². The van der Waals surface area contributed by atoms with Crippen LogP contribution in [0.1, 0.15) is 12.5 Å². The number of benzene rings is 1. The number of carbonyl (C=O) groups is 1. The van der Waals surface area contributed by atoms with E-state index in [9.17, 15) is 18.0 Å². The molecule has 0 unspecified atom stereocenters. The second-order valence-corrected chi connectivity index (χ2v) is 5.44. The minimum absolute atomic E-state index is 0.0218. The largest absolute Gasteiger partial charge is 0.465 e. The molecule has 2 heterocycles. The zero-order valence-corrected chi connectivity index (χ0v) is 13.4. The molecule has 0 saturated carbocycles. The number of fused-ring (bicyclic) bond motifs is 1. The predicted molar refractivity (Wildman–Crippen MR) is 86.0 cm³/mol. The number of rotatable bonds is 2. The van der Waals surface area contributed by atoms with Crippen LogP contribution in [-0.2, 0) is 9.53 Å². The molecule has 0 amide bonds. The highest BCUT2D eigenvalue weighted by molar-refractivity contribution is 6.17. The fourth-order valence-corrected chi connectivity index (χ4v) is 2.62. The number of carbonyl (C=O) groups excluding carboxylic acids is 1. The molecule has 0 saturated heterocycles. The van der Waals surface area contributed by atoms with Crippen LogP contribution in [0, 0.1) is 0 Å². The second kappa shape index (κ2) is 5.87. The Labute approximate surface area is 141 Å². The van der Waals surface area contributed by atoms with Crippen molar-refractivity contribution in [1.29, 1.82) is 0 Å². The van der Waals surface area contributed by atoms with Crippen LogP contribution >= 0.6 is 0 Å². The van der Waals surface area contributed by atoms with Crippen molar-refractivity contribution in [3.63, 3.8) is 0 Å². The maximum atomic E-state index is 13.8. The maximum absolute atomic E-state index is 13.8. The van der Waals surface area contributed by atoms with Crippen LogP contribution in [0.15, 0.2) is 64.2 Å². The normalized spacial score (nSPS) is 22.6. The standard InChI is InChI=1S/C17H14F3N3O2/c1-11-7-6-10-13-21-16(15(24)25-2,17(18,19)20)22-14(23(11)13)12-8-4-3-5-9-12/h3-10H,1-2H3/t16-/m0/s1. The SMILES string of the molecule is COC(=O)[C@]1(C(F)(F)F)N=C2C=CC=C(C)N2C(c2ccccc2)=N1. The van der Waals surface area contributed by atoms with Gasteiger partial charge in [-0.1, -0.05) is 36.4 Å². The summed E-state index contributed by atoms with van der Waals surface area (Å²) in [5.41, 5.74) is -2.28. The van der Waals surface area contributed by atoms with Crippen LogP contribution < -0.4 is 0 Å². The zero-order chi connectivity index (χ0) is 18.2. The topological polar surface area (TPSA) is 54.3 Å². The Hall–Kier alpha value is -2.90. The van der Waals surface area contributed by atoms with Gasteiger partial charge in [0, 0.05) is 11.3 Å². The first-order valence-electron chi connectivity index (χ1n) is 7.35. The molecule has 8 heteroatoms. The average Bonchev–Trinajstić information content (AvgIpc) is 2.60. The Kier molecular flexibility index (Phi) is 3.98. The highest BCUT2D eigenvalue weighted by Gasteiger charge is 2.65. The Morgan fingerprint density at radius 2 is 1.88 bits per heavy atom. The molecule has 1 aromatic carbocycles. The minimum Gasteiger partial charge on any atom is -0.465 e. The van der Waals surface area contributed by atoms with Crippen LogP contribution in [0.4, 0.5) is 13.2 Å². The molecule has 0 radical (unpaired) electrons. The number of alkyl halides is 3. The molecule has 0 bridgehead atoms. The summed E-state index contributed by atoms with van der Waals surface area (Å²) >= 11 is 0. The van der Waals surface area contributed by atoms with Crippen molar-refractivity contribution in [2.24, 2.45) is 9.98 Å². The number of ether oxygens (including phenoxy) is 1. The fraction of sp³-hybridized carbons (Fsp3) is 0.235. The lowest BCUT2D eigenvalue weighted by Gasteiger charge is -2.37. The van der Waals surface area contributed by atoms with E-state index < -0.39 is 17.8 Å². The van der Waals surface area contributed by atoms with Crippen LogP contribution in [0.25, 0.3) is 0 Å². The zero-order valence-electron chi connectivity index (χ0n) is 13.4. The molecular formula is C17H14F3N3O2. The number of amidine groups is 2. The van der Waals surface area contributed by atoms with Gasteiger partial charge in [0.25, 0.3) is 0 Å². The smallest absolute Gasteiger partial charge is 0.445 e. The molecule has 25 heavy (non-hydrogen) atoms. The Morgan fingerprint density at radius 3 is 2.48 bits per heavy atom. The highest BCUT2D eigenvalue weighted by atomic mass is 19.4. The number of hydrogen-bond acceptors (Lipinski definition) is 5. The lowest BCUT2D eigenvalue weighted by atomic mass is 10.1. The van der Waals surface area contributed by atoms with Crippen molar-refractivity contribution >= 4 is 17.6 Å². The van der Waals surface area contributed by atoms with E-state index in [1.165, 1.54) is 11.0 Å². The number of aliphatic imine (C=N–C) groups is 2. The molecule has 0 N–H and O–H groups in total. The molecule has 1 atom stereocenters. The number of nitrogens with zero attached hydrogens (tertiary/aromatic N) is 3. The molecular weight excluding hydrogens is 335 g/mol. The molecule has 0 spiro atoms. The number of methoxy groups -OCH3 is 1. The lowest BCUT2D eigenvalue weighted by molar-refractivity contribution is -0.202. The Balaban J connectivity index is 2.29. The molecule has 3 rings (SSSR count). The molecule has 5 nitrogen and oxygen atoms in total. The van der Waals surface area contributed by atoms with Crippen LogP contribution in [0.3, 0.4) is 0 Å². The van der Waals surface area contributed by atoms with Crippen molar-refractivity contribution < 1.29 is 22.7 Å². The van der Waals surface area contributed by atoms with E-state index in [0.29, 0.717) is 11.3 Å². The van der Waals surface area contributed by atoms with E-state index in [-0.39, 0.29) is 11.7 Å². The first kappa shape index (κ1) is 16.9. The van der Waals surface area contributed by atoms with Gasteiger partial charge in [0.2, 0.25) is 0 Å². The number of esters is 1. The number of allylic oxidation sites excluding steroid dienone is 3. The summed E-state index contributed by atoms with van der Waals surface area (Å²) in [6.45, 7) is 1.72. The van der Waals surface area contributed by atoms with E-state index in [1.807, 2.05) is 0 Å². The van der Waals surface area contributed by atoms with Gasteiger partial charge in [0.1, 0.15) is 11.7 Å². The van der Waals surface area contributed by atoms with E-state index in [0.717, 1.165) is 7.11 Å².